The normalized spacial score (nSPS) is 34.5. The topological polar surface area (TPSA) is 29.5 Å². The van der Waals surface area contributed by atoms with Crippen molar-refractivity contribution in [1.82, 2.24) is 0 Å². The number of hydrogen-bond acceptors (Lipinski definition) is 2. The fourth-order valence-electron chi connectivity index (χ4n) is 6.52. The van der Waals surface area contributed by atoms with E-state index in [4.69, 9.17) is 4.43 Å². The van der Waals surface area contributed by atoms with Crippen LogP contribution in [0, 0.1) is 17.8 Å². The highest BCUT2D eigenvalue weighted by atomic mass is 28.4. The van der Waals surface area contributed by atoms with Crippen LogP contribution < -0.4 is 10.4 Å². The standard InChI is InChI=1S/C24H30O2Si/c1-23(2,3)27(18-10-6-4-7-11-18,19-12-8-5-9-13-19)26-24-17-14-15-20(24)22(24)21(25)16-17/h4-13,17,20-22,25H,14-16H2,1-3H3/t17-,20+,21?,22+,24-/m1/s1. The van der Waals surface area contributed by atoms with Gasteiger partial charge in [0.2, 0.25) is 0 Å². The minimum absolute atomic E-state index is 0.00454. The number of rotatable bonds is 4. The van der Waals surface area contributed by atoms with Gasteiger partial charge in [-0.25, -0.2) is 0 Å². The number of aliphatic hydroxyl groups excluding tert-OH is 1. The monoisotopic (exact) mass is 378 g/mol. The first-order valence-electron chi connectivity index (χ1n) is 10.4. The largest absolute Gasteiger partial charge is 0.401 e. The van der Waals surface area contributed by atoms with E-state index in [-0.39, 0.29) is 16.7 Å². The Morgan fingerprint density at radius 2 is 1.48 bits per heavy atom. The Hall–Kier alpha value is -1.42. The van der Waals surface area contributed by atoms with Gasteiger partial charge in [0.15, 0.2) is 0 Å². The van der Waals surface area contributed by atoms with E-state index in [9.17, 15) is 5.11 Å². The van der Waals surface area contributed by atoms with Gasteiger partial charge in [0.25, 0.3) is 8.32 Å². The average Bonchev–Trinajstić information content (AvgIpc) is 3.13. The zero-order chi connectivity index (χ0) is 18.9. The molecule has 2 aromatic rings. The Balaban J connectivity index is 1.70. The third-order valence-electron chi connectivity index (χ3n) is 7.58. The van der Waals surface area contributed by atoms with Crippen LogP contribution in [0.2, 0.25) is 5.04 Å². The first-order chi connectivity index (χ1) is 12.9. The minimum Gasteiger partial charge on any atom is -0.401 e. The molecule has 5 atom stereocenters. The number of hydrogen-bond donors (Lipinski definition) is 1. The van der Waals surface area contributed by atoms with Gasteiger partial charge in [-0.05, 0) is 46.5 Å². The van der Waals surface area contributed by atoms with E-state index in [0.717, 1.165) is 6.42 Å². The highest BCUT2D eigenvalue weighted by Crippen LogP contribution is 2.74. The van der Waals surface area contributed by atoms with Crippen LogP contribution in [0.1, 0.15) is 40.0 Å². The van der Waals surface area contributed by atoms with Crippen LogP contribution in [0.15, 0.2) is 60.7 Å². The van der Waals surface area contributed by atoms with Crippen molar-refractivity contribution in [3.63, 3.8) is 0 Å². The summed E-state index contributed by atoms with van der Waals surface area (Å²) in [4.78, 5) is 0. The van der Waals surface area contributed by atoms with E-state index in [1.165, 1.54) is 23.2 Å². The van der Waals surface area contributed by atoms with Crippen molar-refractivity contribution in [3.05, 3.63) is 60.7 Å². The lowest BCUT2D eigenvalue weighted by Crippen LogP contribution is -2.68. The number of aliphatic hydroxyl groups is 1. The van der Waals surface area contributed by atoms with Gasteiger partial charge in [-0.1, -0.05) is 81.4 Å². The van der Waals surface area contributed by atoms with Gasteiger partial charge >= 0.3 is 0 Å². The van der Waals surface area contributed by atoms with Crippen molar-refractivity contribution in [2.24, 2.45) is 17.8 Å². The van der Waals surface area contributed by atoms with Crippen LogP contribution in [0.4, 0.5) is 0 Å². The Kier molecular flexibility index (Phi) is 3.79. The first-order valence-corrected chi connectivity index (χ1v) is 12.3. The van der Waals surface area contributed by atoms with E-state index in [1.54, 1.807) is 0 Å². The molecule has 3 aliphatic rings. The van der Waals surface area contributed by atoms with Crippen LogP contribution in [-0.2, 0) is 4.43 Å². The van der Waals surface area contributed by atoms with Crippen molar-refractivity contribution < 1.29 is 9.53 Å². The van der Waals surface area contributed by atoms with Crippen LogP contribution in [0.3, 0.4) is 0 Å². The zero-order valence-electron chi connectivity index (χ0n) is 16.6. The first kappa shape index (κ1) is 17.7. The Morgan fingerprint density at radius 3 is 1.93 bits per heavy atom. The maximum atomic E-state index is 10.7. The lowest BCUT2D eigenvalue weighted by Gasteiger charge is -2.46. The molecular formula is C24H30O2Si. The molecule has 0 aromatic heterocycles. The van der Waals surface area contributed by atoms with Crippen LogP contribution in [0.5, 0.6) is 0 Å². The molecule has 142 valence electrons. The summed E-state index contributed by atoms with van der Waals surface area (Å²) in [6.07, 6.45) is 3.21. The van der Waals surface area contributed by atoms with Gasteiger partial charge in [-0.15, -0.1) is 0 Å². The minimum atomic E-state index is -2.53. The predicted octanol–water partition coefficient (Wildman–Crippen LogP) is 3.72. The summed E-state index contributed by atoms with van der Waals surface area (Å²) in [5, 5.41) is 13.4. The molecule has 0 aliphatic heterocycles. The van der Waals surface area contributed by atoms with Crippen LogP contribution >= 0.6 is 0 Å². The summed E-state index contributed by atoms with van der Waals surface area (Å²) in [7, 11) is -2.53. The SMILES string of the molecule is CC(C)(C)[Si](O[C@]12[C@@H]3CC[C@H]1[C@H]2C(O)C3)(c1ccccc1)c1ccccc1. The molecule has 3 fully saturated rings. The van der Waals surface area contributed by atoms with Gasteiger partial charge in [0.1, 0.15) is 0 Å². The van der Waals surface area contributed by atoms with Gasteiger partial charge in [-0.3, -0.25) is 0 Å². The zero-order valence-corrected chi connectivity index (χ0v) is 17.6. The summed E-state index contributed by atoms with van der Waals surface area (Å²) in [5.74, 6) is 1.45. The molecule has 3 saturated carbocycles. The average molecular weight is 379 g/mol. The molecule has 0 saturated heterocycles. The second-order valence-corrected chi connectivity index (χ2v) is 14.0. The van der Waals surface area contributed by atoms with Crippen molar-refractivity contribution in [2.45, 2.75) is 56.8 Å². The van der Waals surface area contributed by atoms with Gasteiger partial charge in [0, 0.05) is 5.92 Å². The Labute approximate surface area is 163 Å². The third kappa shape index (κ3) is 2.25. The van der Waals surface area contributed by atoms with E-state index in [2.05, 4.69) is 81.4 Å². The van der Waals surface area contributed by atoms with Gasteiger partial charge < -0.3 is 9.53 Å². The molecule has 5 rings (SSSR count). The molecule has 2 aromatic carbocycles. The van der Waals surface area contributed by atoms with E-state index >= 15 is 0 Å². The molecule has 27 heavy (non-hydrogen) atoms. The molecule has 0 bridgehead atoms. The molecule has 2 nitrogen and oxygen atoms in total. The van der Waals surface area contributed by atoms with Crippen molar-refractivity contribution in [2.75, 3.05) is 0 Å². The molecule has 0 radical (unpaired) electrons. The molecule has 0 heterocycles. The molecule has 1 unspecified atom stereocenters. The number of benzene rings is 2. The van der Waals surface area contributed by atoms with E-state index < -0.39 is 8.32 Å². The second-order valence-electron chi connectivity index (χ2n) is 9.83. The van der Waals surface area contributed by atoms with Gasteiger partial charge in [0.05, 0.1) is 11.7 Å². The van der Waals surface area contributed by atoms with Crippen molar-refractivity contribution >= 4 is 18.7 Å². The summed E-state index contributed by atoms with van der Waals surface area (Å²) in [5.41, 5.74) is -0.0788. The summed E-state index contributed by atoms with van der Waals surface area (Å²) in [6.45, 7) is 7.04. The van der Waals surface area contributed by atoms with Gasteiger partial charge in [-0.2, -0.15) is 0 Å². The maximum Gasteiger partial charge on any atom is 0.261 e. The molecule has 1 N–H and O–H groups in total. The van der Waals surface area contributed by atoms with Crippen LogP contribution in [0.25, 0.3) is 0 Å². The molecule has 3 heteroatoms. The van der Waals surface area contributed by atoms with Crippen LogP contribution in [-0.4, -0.2) is 25.1 Å². The molecule has 0 spiro atoms. The third-order valence-corrected chi connectivity index (χ3v) is 12.6. The lowest BCUT2D eigenvalue weighted by atomic mass is 10.0. The summed E-state index contributed by atoms with van der Waals surface area (Å²) in [6, 6.07) is 21.9. The Morgan fingerprint density at radius 1 is 0.926 bits per heavy atom. The van der Waals surface area contributed by atoms with E-state index in [1.807, 2.05) is 0 Å². The molecule has 0 amide bonds. The second kappa shape index (κ2) is 5.79. The Bertz CT molecular complexity index is 785. The molecular weight excluding hydrogens is 348 g/mol. The fourth-order valence-corrected chi connectivity index (χ4v) is 11.4. The van der Waals surface area contributed by atoms with Crippen molar-refractivity contribution in [1.29, 1.82) is 0 Å². The fraction of sp³-hybridized carbons (Fsp3) is 0.500. The highest BCUT2D eigenvalue weighted by Gasteiger charge is 2.80. The lowest BCUT2D eigenvalue weighted by molar-refractivity contribution is 0.111. The summed E-state index contributed by atoms with van der Waals surface area (Å²) < 4.78 is 7.53. The highest BCUT2D eigenvalue weighted by molar-refractivity contribution is 6.99. The summed E-state index contributed by atoms with van der Waals surface area (Å²) >= 11 is 0. The van der Waals surface area contributed by atoms with E-state index in [0.29, 0.717) is 17.8 Å². The maximum absolute atomic E-state index is 10.7. The molecule has 3 aliphatic carbocycles. The van der Waals surface area contributed by atoms with Crippen molar-refractivity contribution in [3.8, 4) is 0 Å². The quantitative estimate of drug-likeness (QED) is 0.822. The number of fused-ring (bicyclic) bond motifs is 1. The predicted molar refractivity (Wildman–Crippen MR) is 112 cm³/mol. The smallest absolute Gasteiger partial charge is 0.261 e.